The molecule has 0 aliphatic carbocycles. The Morgan fingerprint density at radius 3 is 2.61 bits per heavy atom. The fourth-order valence-corrected chi connectivity index (χ4v) is 4.30. The molecule has 4 rings (SSSR count). The van der Waals surface area contributed by atoms with Crippen LogP contribution >= 0.6 is 11.3 Å². The van der Waals surface area contributed by atoms with E-state index in [4.69, 9.17) is 0 Å². The molecule has 0 spiro atoms. The number of carbonyl (C=O) groups excluding carboxylic acids is 1. The summed E-state index contributed by atoms with van der Waals surface area (Å²) in [7, 11) is 0. The molecule has 0 saturated heterocycles. The first-order valence-corrected chi connectivity index (χ1v) is 10.4. The molecule has 0 bridgehead atoms. The fraction of sp³-hybridized carbons (Fsp3) is 0.227. The van der Waals surface area contributed by atoms with E-state index in [0.29, 0.717) is 24.6 Å². The number of fused-ring (bicyclic) bond motifs is 1. The fourth-order valence-electron chi connectivity index (χ4n) is 3.21. The Morgan fingerprint density at radius 1 is 1.16 bits per heavy atom. The van der Waals surface area contributed by atoms with Crippen molar-refractivity contribution in [3.05, 3.63) is 77.9 Å². The summed E-state index contributed by atoms with van der Waals surface area (Å²) in [6, 6.07) is 10.1. The van der Waals surface area contributed by atoms with E-state index in [9.17, 15) is 18.0 Å². The van der Waals surface area contributed by atoms with Crippen molar-refractivity contribution in [1.82, 2.24) is 14.5 Å². The van der Waals surface area contributed by atoms with Crippen LogP contribution in [0, 0.1) is 6.92 Å². The average molecular weight is 444 g/mol. The highest BCUT2D eigenvalue weighted by Crippen LogP contribution is 2.32. The summed E-state index contributed by atoms with van der Waals surface area (Å²) in [5.74, 6) is -0.380. The molecule has 0 atom stereocenters. The number of alkyl halides is 3. The van der Waals surface area contributed by atoms with Gasteiger partial charge in [0.15, 0.2) is 5.13 Å². The van der Waals surface area contributed by atoms with Crippen molar-refractivity contribution in [2.75, 3.05) is 11.4 Å². The molecular formula is C22H19F3N4OS. The van der Waals surface area contributed by atoms with Gasteiger partial charge in [0, 0.05) is 31.0 Å². The zero-order valence-electron chi connectivity index (χ0n) is 16.6. The zero-order chi connectivity index (χ0) is 22.0. The van der Waals surface area contributed by atoms with Gasteiger partial charge in [-0.25, -0.2) is 9.97 Å². The number of benzene rings is 2. The molecule has 31 heavy (non-hydrogen) atoms. The predicted molar refractivity (Wildman–Crippen MR) is 114 cm³/mol. The van der Waals surface area contributed by atoms with Crippen LogP contribution in [0.4, 0.5) is 18.3 Å². The van der Waals surface area contributed by atoms with Crippen LogP contribution in [-0.4, -0.2) is 27.0 Å². The average Bonchev–Trinajstić information content (AvgIpc) is 3.39. The molecule has 0 saturated carbocycles. The molecular weight excluding hydrogens is 425 g/mol. The molecule has 160 valence electrons. The number of imidazole rings is 1. The monoisotopic (exact) mass is 444 g/mol. The van der Waals surface area contributed by atoms with E-state index < -0.39 is 11.7 Å². The van der Waals surface area contributed by atoms with E-state index in [1.165, 1.54) is 23.5 Å². The highest BCUT2D eigenvalue weighted by molar-refractivity contribution is 7.22. The molecule has 0 N–H and O–H groups in total. The maximum absolute atomic E-state index is 13.2. The Labute approximate surface area is 180 Å². The third-order valence-corrected chi connectivity index (χ3v) is 5.87. The molecule has 0 unspecified atom stereocenters. The number of thiazole rings is 1. The summed E-state index contributed by atoms with van der Waals surface area (Å²) in [6.07, 6.45) is 1.40. The number of nitrogens with zero attached hydrogens (tertiary/aromatic N) is 4. The van der Waals surface area contributed by atoms with E-state index in [0.717, 1.165) is 27.9 Å². The van der Waals surface area contributed by atoms with Gasteiger partial charge in [-0.3, -0.25) is 9.69 Å². The van der Waals surface area contributed by atoms with Gasteiger partial charge in [-0.1, -0.05) is 17.4 Å². The van der Waals surface area contributed by atoms with E-state index >= 15 is 0 Å². The molecule has 2 aromatic carbocycles. The van der Waals surface area contributed by atoms with E-state index in [2.05, 4.69) is 9.97 Å². The van der Waals surface area contributed by atoms with Gasteiger partial charge in [0.25, 0.3) is 5.91 Å². The second-order valence-electron chi connectivity index (χ2n) is 7.15. The first-order valence-electron chi connectivity index (χ1n) is 9.63. The first-order chi connectivity index (χ1) is 14.8. The van der Waals surface area contributed by atoms with Crippen LogP contribution in [0.25, 0.3) is 10.2 Å². The van der Waals surface area contributed by atoms with Gasteiger partial charge in [0.05, 0.1) is 22.1 Å². The van der Waals surface area contributed by atoms with E-state index in [-0.39, 0.29) is 11.5 Å². The molecule has 2 aromatic heterocycles. The van der Waals surface area contributed by atoms with Gasteiger partial charge in [-0.2, -0.15) is 13.2 Å². The summed E-state index contributed by atoms with van der Waals surface area (Å²) in [4.78, 5) is 23.4. The van der Waals surface area contributed by atoms with Crippen LogP contribution < -0.4 is 4.90 Å². The first kappa shape index (κ1) is 21.0. The van der Waals surface area contributed by atoms with Gasteiger partial charge < -0.3 is 4.57 Å². The van der Waals surface area contributed by atoms with Crippen molar-refractivity contribution in [3.63, 3.8) is 0 Å². The maximum atomic E-state index is 13.2. The Bertz CT molecular complexity index is 1180. The SMILES string of the molecule is Cc1ccc2nc(N(CCCn3ccnc3)C(=O)c3ccc(C(F)(F)F)cc3)sc2c1. The van der Waals surface area contributed by atoms with E-state index in [1.807, 2.05) is 35.9 Å². The minimum atomic E-state index is -4.45. The Morgan fingerprint density at radius 2 is 1.94 bits per heavy atom. The standard InChI is InChI=1S/C22H19F3N4OS/c1-15-3-8-18-19(13-15)31-21(27-18)29(11-2-10-28-12-9-26-14-28)20(30)16-4-6-17(7-5-16)22(23,24)25/h3-9,12-14H,2,10-11H2,1H3. The van der Waals surface area contributed by atoms with Crippen LogP contribution in [-0.2, 0) is 12.7 Å². The summed E-state index contributed by atoms with van der Waals surface area (Å²) >= 11 is 1.39. The van der Waals surface area contributed by atoms with Crippen molar-refractivity contribution < 1.29 is 18.0 Å². The number of aromatic nitrogens is 3. The lowest BCUT2D eigenvalue weighted by molar-refractivity contribution is -0.137. The quantitative estimate of drug-likeness (QED) is 0.391. The third kappa shape index (κ3) is 4.77. The molecule has 0 fully saturated rings. The number of hydrogen-bond acceptors (Lipinski definition) is 4. The van der Waals surface area contributed by atoms with Crippen LogP contribution in [0.5, 0.6) is 0 Å². The molecule has 0 aliphatic heterocycles. The Balaban J connectivity index is 1.62. The van der Waals surface area contributed by atoms with Crippen LogP contribution in [0.1, 0.15) is 27.9 Å². The Kier molecular flexibility index (Phi) is 5.77. The number of carbonyl (C=O) groups is 1. The van der Waals surface area contributed by atoms with Crippen LogP contribution in [0.3, 0.4) is 0 Å². The smallest absolute Gasteiger partial charge is 0.337 e. The summed E-state index contributed by atoms with van der Waals surface area (Å²) < 4.78 is 41.5. The third-order valence-electron chi connectivity index (χ3n) is 4.83. The van der Waals surface area contributed by atoms with Gasteiger partial charge in [-0.15, -0.1) is 0 Å². The largest absolute Gasteiger partial charge is 0.416 e. The molecule has 1 amide bonds. The van der Waals surface area contributed by atoms with Gasteiger partial charge in [0.1, 0.15) is 0 Å². The number of hydrogen-bond donors (Lipinski definition) is 0. The number of amides is 1. The van der Waals surface area contributed by atoms with Crippen molar-refractivity contribution in [3.8, 4) is 0 Å². The minimum Gasteiger partial charge on any atom is -0.337 e. The summed E-state index contributed by atoms with van der Waals surface area (Å²) in [5.41, 5.74) is 1.27. The molecule has 2 heterocycles. The number of anilines is 1. The summed E-state index contributed by atoms with van der Waals surface area (Å²) in [5, 5.41) is 0.524. The number of halogens is 3. The van der Waals surface area contributed by atoms with E-state index in [1.54, 1.807) is 17.4 Å². The van der Waals surface area contributed by atoms with Gasteiger partial charge in [-0.05, 0) is 55.3 Å². The second kappa shape index (κ2) is 8.50. The summed E-state index contributed by atoms with van der Waals surface area (Å²) in [6.45, 7) is 3.01. The molecule has 5 nitrogen and oxygen atoms in total. The van der Waals surface area contributed by atoms with Crippen molar-refractivity contribution in [2.45, 2.75) is 26.1 Å². The molecule has 0 radical (unpaired) electrons. The minimum absolute atomic E-state index is 0.186. The van der Waals surface area contributed by atoms with Gasteiger partial charge in [0.2, 0.25) is 0 Å². The Hall–Kier alpha value is -3.20. The lowest BCUT2D eigenvalue weighted by atomic mass is 10.1. The van der Waals surface area contributed by atoms with Gasteiger partial charge >= 0.3 is 6.18 Å². The zero-order valence-corrected chi connectivity index (χ0v) is 17.5. The molecule has 0 aliphatic rings. The highest BCUT2D eigenvalue weighted by atomic mass is 32.1. The van der Waals surface area contributed by atoms with Crippen molar-refractivity contribution in [1.29, 1.82) is 0 Å². The molecule has 9 heteroatoms. The molecule has 4 aromatic rings. The second-order valence-corrected chi connectivity index (χ2v) is 8.16. The predicted octanol–water partition coefficient (Wildman–Crippen LogP) is 5.56. The topological polar surface area (TPSA) is 51.0 Å². The normalized spacial score (nSPS) is 11.7. The lowest BCUT2D eigenvalue weighted by Gasteiger charge is -2.20. The van der Waals surface area contributed by atoms with Crippen molar-refractivity contribution in [2.24, 2.45) is 0 Å². The van der Waals surface area contributed by atoms with Crippen molar-refractivity contribution >= 4 is 32.6 Å². The maximum Gasteiger partial charge on any atom is 0.416 e. The van der Waals surface area contributed by atoms with Crippen LogP contribution in [0.15, 0.2) is 61.2 Å². The number of rotatable bonds is 6. The highest BCUT2D eigenvalue weighted by Gasteiger charge is 2.30. The lowest BCUT2D eigenvalue weighted by Crippen LogP contribution is -2.32. The number of aryl methyl sites for hydroxylation is 2. The van der Waals surface area contributed by atoms with Crippen LogP contribution in [0.2, 0.25) is 0 Å².